The first-order valence-corrected chi connectivity index (χ1v) is 10.2. The number of nitrogens with one attached hydrogen (secondary N) is 3. The average molecular weight is 393 g/mol. The molecular weight excluding hydrogens is 356 g/mol. The summed E-state index contributed by atoms with van der Waals surface area (Å²) in [6.45, 7) is 10.4. The molecule has 0 heterocycles. The molecule has 0 bridgehead atoms. The smallest absolute Gasteiger partial charge is 0.221 e. The molecule has 0 aliphatic rings. The van der Waals surface area contributed by atoms with Gasteiger partial charge in [-0.15, -0.1) is 0 Å². The SMILES string of the molecule is CCOc1ccc(CCNC(=NC)NCCC(=O)NC(C)CC)cc1OCC. The van der Waals surface area contributed by atoms with Crippen LogP contribution in [-0.2, 0) is 11.2 Å². The second-order valence-electron chi connectivity index (χ2n) is 6.45. The maximum atomic E-state index is 11.8. The zero-order chi connectivity index (χ0) is 20.8. The van der Waals surface area contributed by atoms with Gasteiger partial charge in [0.1, 0.15) is 0 Å². The van der Waals surface area contributed by atoms with Gasteiger partial charge in [-0.1, -0.05) is 13.0 Å². The maximum absolute atomic E-state index is 11.8. The summed E-state index contributed by atoms with van der Waals surface area (Å²) in [5, 5.41) is 9.39. The van der Waals surface area contributed by atoms with Crippen LogP contribution < -0.4 is 25.4 Å². The second-order valence-corrected chi connectivity index (χ2v) is 6.45. The number of carbonyl (C=O) groups is 1. The van der Waals surface area contributed by atoms with E-state index in [0.717, 1.165) is 36.4 Å². The minimum absolute atomic E-state index is 0.0511. The molecule has 0 radical (unpaired) electrons. The van der Waals surface area contributed by atoms with E-state index >= 15 is 0 Å². The number of guanidine groups is 1. The van der Waals surface area contributed by atoms with Gasteiger partial charge in [-0.25, -0.2) is 0 Å². The predicted molar refractivity (Wildman–Crippen MR) is 114 cm³/mol. The summed E-state index contributed by atoms with van der Waals surface area (Å²) in [6.07, 6.45) is 2.17. The Bertz CT molecular complexity index is 620. The Balaban J connectivity index is 2.42. The molecule has 0 aliphatic heterocycles. The summed E-state index contributed by atoms with van der Waals surface area (Å²) in [6, 6.07) is 6.23. The first kappa shape index (κ1) is 23.6. The van der Waals surface area contributed by atoms with Crippen LogP contribution in [0.1, 0.15) is 46.1 Å². The Hall–Kier alpha value is -2.44. The van der Waals surface area contributed by atoms with Gasteiger partial charge >= 0.3 is 0 Å². The quantitative estimate of drug-likeness (QED) is 0.376. The number of amides is 1. The Kier molecular flexibility index (Phi) is 11.5. The molecule has 0 spiro atoms. The van der Waals surface area contributed by atoms with Crippen molar-refractivity contribution in [1.82, 2.24) is 16.0 Å². The van der Waals surface area contributed by atoms with Gasteiger partial charge in [0.2, 0.25) is 5.91 Å². The van der Waals surface area contributed by atoms with Gasteiger partial charge in [0.15, 0.2) is 17.5 Å². The van der Waals surface area contributed by atoms with E-state index in [-0.39, 0.29) is 11.9 Å². The molecule has 158 valence electrons. The molecule has 7 heteroatoms. The van der Waals surface area contributed by atoms with E-state index in [1.54, 1.807) is 7.05 Å². The molecule has 1 aromatic carbocycles. The molecule has 0 fully saturated rings. The van der Waals surface area contributed by atoms with Crippen LogP contribution in [0.4, 0.5) is 0 Å². The molecule has 7 nitrogen and oxygen atoms in total. The van der Waals surface area contributed by atoms with Gasteiger partial charge in [0, 0.05) is 32.6 Å². The lowest BCUT2D eigenvalue weighted by molar-refractivity contribution is -0.121. The van der Waals surface area contributed by atoms with Gasteiger partial charge in [-0.3, -0.25) is 9.79 Å². The number of hydrogen-bond acceptors (Lipinski definition) is 4. The molecule has 0 aliphatic carbocycles. The zero-order valence-electron chi connectivity index (χ0n) is 17.9. The third-order valence-electron chi connectivity index (χ3n) is 4.20. The highest BCUT2D eigenvalue weighted by Crippen LogP contribution is 2.28. The van der Waals surface area contributed by atoms with Crippen molar-refractivity contribution in [3.63, 3.8) is 0 Å². The summed E-state index contributed by atoms with van der Waals surface area (Å²) in [4.78, 5) is 16.0. The fraction of sp³-hybridized carbons (Fsp3) is 0.619. The van der Waals surface area contributed by atoms with Crippen LogP contribution >= 0.6 is 0 Å². The lowest BCUT2D eigenvalue weighted by atomic mass is 10.1. The van der Waals surface area contributed by atoms with E-state index in [0.29, 0.717) is 32.1 Å². The summed E-state index contributed by atoms with van der Waals surface area (Å²) < 4.78 is 11.3. The Morgan fingerprint density at radius 1 is 1.07 bits per heavy atom. The minimum atomic E-state index is 0.0511. The first-order valence-electron chi connectivity index (χ1n) is 10.2. The van der Waals surface area contributed by atoms with Gasteiger partial charge in [0.25, 0.3) is 0 Å². The standard InChI is InChI=1S/C21H36N4O3/c1-6-16(4)25-20(26)12-14-24-21(22-5)23-13-11-17-9-10-18(27-7-2)19(15-17)28-8-3/h9-10,15-16H,6-8,11-14H2,1-5H3,(H,25,26)(H2,22,23,24). The van der Waals surface area contributed by atoms with Crippen LogP contribution in [0.15, 0.2) is 23.2 Å². The Morgan fingerprint density at radius 3 is 2.39 bits per heavy atom. The largest absolute Gasteiger partial charge is 0.490 e. The van der Waals surface area contributed by atoms with Crippen molar-refractivity contribution in [2.45, 2.75) is 53.0 Å². The zero-order valence-corrected chi connectivity index (χ0v) is 17.9. The monoisotopic (exact) mass is 392 g/mol. The fourth-order valence-electron chi connectivity index (χ4n) is 2.54. The number of ether oxygens (including phenoxy) is 2. The fourth-order valence-corrected chi connectivity index (χ4v) is 2.54. The second kappa shape index (κ2) is 13.7. The van der Waals surface area contributed by atoms with Crippen LogP contribution in [0.5, 0.6) is 11.5 Å². The predicted octanol–water partition coefficient (Wildman–Crippen LogP) is 2.50. The lowest BCUT2D eigenvalue weighted by Gasteiger charge is -2.15. The lowest BCUT2D eigenvalue weighted by Crippen LogP contribution is -2.41. The van der Waals surface area contributed by atoms with E-state index in [1.807, 2.05) is 39.0 Å². The van der Waals surface area contributed by atoms with Crippen molar-refractivity contribution in [1.29, 1.82) is 0 Å². The minimum Gasteiger partial charge on any atom is -0.490 e. The van der Waals surface area contributed by atoms with E-state index in [4.69, 9.17) is 9.47 Å². The van der Waals surface area contributed by atoms with Crippen LogP contribution in [0.2, 0.25) is 0 Å². The van der Waals surface area contributed by atoms with Crippen molar-refractivity contribution in [2.24, 2.45) is 4.99 Å². The molecule has 0 aromatic heterocycles. The van der Waals surface area contributed by atoms with Crippen LogP contribution in [0, 0.1) is 0 Å². The van der Waals surface area contributed by atoms with Gasteiger partial charge in [-0.05, 0) is 51.3 Å². The highest BCUT2D eigenvalue weighted by atomic mass is 16.5. The summed E-state index contributed by atoms with van der Waals surface area (Å²) in [5.41, 5.74) is 1.16. The summed E-state index contributed by atoms with van der Waals surface area (Å²) in [5.74, 6) is 2.29. The maximum Gasteiger partial charge on any atom is 0.221 e. The van der Waals surface area contributed by atoms with Gasteiger partial charge in [-0.2, -0.15) is 0 Å². The van der Waals surface area contributed by atoms with E-state index in [1.165, 1.54) is 0 Å². The third-order valence-corrected chi connectivity index (χ3v) is 4.20. The van der Waals surface area contributed by atoms with E-state index in [9.17, 15) is 4.79 Å². The molecular formula is C21H36N4O3. The molecule has 1 unspecified atom stereocenters. The molecule has 1 aromatic rings. The molecule has 3 N–H and O–H groups in total. The van der Waals surface area contributed by atoms with Gasteiger partial charge in [0.05, 0.1) is 13.2 Å². The van der Waals surface area contributed by atoms with Crippen molar-refractivity contribution < 1.29 is 14.3 Å². The highest BCUT2D eigenvalue weighted by molar-refractivity contribution is 5.81. The summed E-state index contributed by atoms with van der Waals surface area (Å²) >= 11 is 0. The van der Waals surface area contributed by atoms with Crippen molar-refractivity contribution in [3.05, 3.63) is 23.8 Å². The number of nitrogens with zero attached hydrogens (tertiary/aromatic N) is 1. The van der Waals surface area contributed by atoms with E-state index in [2.05, 4.69) is 27.9 Å². The van der Waals surface area contributed by atoms with Crippen molar-refractivity contribution in [3.8, 4) is 11.5 Å². The average Bonchev–Trinajstić information content (AvgIpc) is 2.68. The third kappa shape index (κ3) is 8.97. The number of aliphatic imine (C=N–C) groups is 1. The number of carbonyl (C=O) groups excluding carboxylic acids is 1. The molecule has 1 rings (SSSR count). The van der Waals surface area contributed by atoms with Crippen molar-refractivity contribution in [2.75, 3.05) is 33.4 Å². The molecule has 0 saturated heterocycles. The first-order chi connectivity index (χ1) is 13.5. The van der Waals surface area contributed by atoms with Gasteiger partial charge < -0.3 is 25.4 Å². The van der Waals surface area contributed by atoms with Crippen LogP contribution in [0.25, 0.3) is 0 Å². The normalized spacial score (nSPS) is 12.2. The number of benzene rings is 1. The topological polar surface area (TPSA) is 84.0 Å². The van der Waals surface area contributed by atoms with Crippen LogP contribution in [0.3, 0.4) is 0 Å². The number of hydrogen-bond donors (Lipinski definition) is 3. The van der Waals surface area contributed by atoms with Crippen molar-refractivity contribution >= 4 is 11.9 Å². The Labute approximate surface area is 169 Å². The van der Waals surface area contributed by atoms with Crippen LogP contribution in [-0.4, -0.2) is 51.3 Å². The summed E-state index contributed by atoms with van der Waals surface area (Å²) in [7, 11) is 1.72. The molecule has 28 heavy (non-hydrogen) atoms. The van der Waals surface area contributed by atoms with E-state index < -0.39 is 0 Å². The number of rotatable bonds is 12. The molecule has 1 atom stereocenters. The molecule has 0 saturated carbocycles. The molecule has 1 amide bonds. The highest BCUT2D eigenvalue weighted by Gasteiger charge is 2.08. The Morgan fingerprint density at radius 2 is 1.75 bits per heavy atom.